The van der Waals surface area contributed by atoms with E-state index in [0.717, 1.165) is 12.4 Å². The van der Waals surface area contributed by atoms with Gasteiger partial charge in [0, 0.05) is 18.9 Å². The highest BCUT2D eigenvalue weighted by Gasteiger charge is 2.21. The summed E-state index contributed by atoms with van der Waals surface area (Å²) in [5.41, 5.74) is -0.107. The van der Waals surface area contributed by atoms with Gasteiger partial charge in [-0.2, -0.15) is 10.2 Å². The Hall–Kier alpha value is -1.85. The average molecular weight is 275 g/mol. The number of rotatable bonds is 4. The van der Waals surface area contributed by atoms with Crippen LogP contribution in [0.15, 0.2) is 23.3 Å². The van der Waals surface area contributed by atoms with Crippen LogP contribution in [-0.4, -0.2) is 24.5 Å². The first-order chi connectivity index (χ1) is 9.75. The van der Waals surface area contributed by atoms with Crippen molar-refractivity contribution in [3.63, 3.8) is 0 Å². The molecule has 2 aromatic rings. The van der Waals surface area contributed by atoms with E-state index in [4.69, 9.17) is 0 Å². The van der Waals surface area contributed by atoms with Crippen LogP contribution in [0.4, 0.5) is 0 Å². The fourth-order valence-corrected chi connectivity index (χ4v) is 3.08. The maximum absolute atomic E-state index is 12.0. The molecule has 1 fully saturated rings. The third-order valence-corrected chi connectivity index (χ3v) is 4.25. The van der Waals surface area contributed by atoms with Gasteiger partial charge >= 0.3 is 5.69 Å². The first-order valence-corrected chi connectivity index (χ1v) is 7.40. The number of nitrogens with one attached hydrogen (secondary N) is 1. The predicted molar refractivity (Wildman–Crippen MR) is 75.5 cm³/mol. The zero-order valence-electron chi connectivity index (χ0n) is 11.8. The lowest BCUT2D eigenvalue weighted by Crippen LogP contribution is -2.26. The van der Waals surface area contributed by atoms with E-state index in [1.54, 1.807) is 10.8 Å². The fraction of sp³-hybridized carbons (Fsp3) is 0.643. The van der Waals surface area contributed by atoms with Gasteiger partial charge in [-0.25, -0.2) is 9.89 Å². The Bertz CT molecular complexity index is 591. The quantitative estimate of drug-likeness (QED) is 0.927. The lowest BCUT2D eigenvalue weighted by molar-refractivity contribution is 0.309. The molecule has 1 saturated carbocycles. The molecule has 0 aliphatic heterocycles. The molecular weight excluding hydrogens is 254 g/mol. The Balaban J connectivity index is 1.83. The van der Waals surface area contributed by atoms with Crippen LogP contribution in [0.5, 0.6) is 0 Å². The Labute approximate surface area is 117 Å². The minimum absolute atomic E-state index is 0.0347. The van der Waals surface area contributed by atoms with Crippen molar-refractivity contribution in [1.29, 1.82) is 0 Å². The minimum atomic E-state index is -0.107. The van der Waals surface area contributed by atoms with Gasteiger partial charge in [0.15, 0.2) is 5.82 Å². The fourth-order valence-electron chi connectivity index (χ4n) is 3.08. The van der Waals surface area contributed by atoms with Gasteiger partial charge in [-0.1, -0.05) is 19.3 Å². The molecule has 1 aliphatic carbocycles. The summed E-state index contributed by atoms with van der Waals surface area (Å²) < 4.78 is 3.62. The van der Waals surface area contributed by atoms with Gasteiger partial charge in [0.1, 0.15) is 6.04 Å². The Morgan fingerprint density at radius 2 is 2.20 bits per heavy atom. The molecule has 0 amide bonds. The summed E-state index contributed by atoms with van der Waals surface area (Å²) in [4.78, 5) is 12.0. The van der Waals surface area contributed by atoms with Gasteiger partial charge in [0.2, 0.25) is 0 Å². The Morgan fingerprint density at radius 3 is 2.90 bits per heavy atom. The van der Waals surface area contributed by atoms with Crippen molar-refractivity contribution in [1.82, 2.24) is 24.5 Å². The zero-order valence-corrected chi connectivity index (χ0v) is 11.8. The molecule has 0 radical (unpaired) electrons. The second-order valence-electron chi connectivity index (χ2n) is 5.66. The van der Waals surface area contributed by atoms with Crippen LogP contribution < -0.4 is 5.69 Å². The molecule has 108 valence electrons. The molecular formula is C14H21N5O. The van der Waals surface area contributed by atoms with E-state index in [-0.39, 0.29) is 11.7 Å². The van der Waals surface area contributed by atoms with Crippen LogP contribution in [0.3, 0.4) is 0 Å². The molecule has 3 rings (SSSR count). The van der Waals surface area contributed by atoms with E-state index >= 15 is 0 Å². The molecule has 6 heteroatoms. The average Bonchev–Trinajstić information content (AvgIpc) is 3.11. The van der Waals surface area contributed by atoms with Crippen LogP contribution in [0.1, 0.15) is 50.9 Å². The monoisotopic (exact) mass is 275 g/mol. The highest BCUT2D eigenvalue weighted by atomic mass is 16.1. The maximum atomic E-state index is 12.0. The summed E-state index contributed by atoms with van der Waals surface area (Å²) in [6.07, 6.45) is 9.96. The van der Waals surface area contributed by atoms with E-state index in [1.165, 1.54) is 32.1 Å². The SMILES string of the molecule is C[C@H](c1n[nH]c(=O)n1CC1CCCCC1)n1cccn1. The normalized spacial score (nSPS) is 18.2. The minimum Gasteiger partial charge on any atom is -0.277 e. The molecule has 1 atom stereocenters. The Morgan fingerprint density at radius 1 is 1.40 bits per heavy atom. The molecule has 2 heterocycles. The van der Waals surface area contributed by atoms with Crippen molar-refractivity contribution in [3.05, 3.63) is 34.8 Å². The summed E-state index contributed by atoms with van der Waals surface area (Å²) in [6, 6.07) is 1.85. The van der Waals surface area contributed by atoms with Crippen molar-refractivity contribution in [2.24, 2.45) is 5.92 Å². The summed E-state index contributed by atoms with van der Waals surface area (Å²) >= 11 is 0. The summed E-state index contributed by atoms with van der Waals surface area (Å²) in [5.74, 6) is 1.37. The van der Waals surface area contributed by atoms with Gasteiger partial charge < -0.3 is 0 Å². The Kier molecular flexibility index (Phi) is 3.71. The molecule has 0 unspecified atom stereocenters. The topological polar surface area (TPSA) is 68.5 Å². The smallest absolute Gasteiger partial charge is 0.277 e. The van der Waals surface area contributed by atoms with E-state index in [2.05, 4.69) is 15.3 Å². The van der Waals surface area contributed by atoms with E-state index in [9.17, 15) is 4.79 Å². The number of hydrogen-bond acceptors (Lipinski definition) is 3. The van der Waals surface area contributed by atoms with Gasteiger partial charge in [-0.3, -0.25) is 9.25 Å². The molecule has 1 aliphatic rings. The first kappa shape index (κ1) is 13.1. The second kappa shape index (κ2) is 5.64. The third kappa shape index (κ3) is 2.55. The zero-order chi connectivity index (χ0) is 13.9. The third-order valence-electron chi connectivity index (χ3n) is 4.25. The van der Waals surface area contributed by atoms with Crippen molar-refractivity contribution in [2.45, 2.75) is 51.6 Å². The highest BCUT2D eigenvalue weighted by molar-refractivity contribution is 4.97. The van der Waals surface area contributed by atoms with Gasteiger partial charge in [0.25, 0.3) is 0 Å². The lowest BCUT2D eigenvalue weighted by Gasteiger charge is -2.22. The molecule has 0 saturated heterocycles. The predicted octanol–water partition coefficient (Wildman–Crippen LogP) is 1.96. The summed E-state index contributed by atoms with van der Waals surface area (Å²) in [6.45, 7) is 2.79. The van der Waals surface area contributed by atoms with Crippen molar-refractivity contribution in [3.8, 4) is 0 Å². The maximum Gasteiger partial charge on any atom is 0.343 e. The van der Waals surface area contributed by atoms with Crippen LogP contribution in [0.25, 0.3) is 0 Å². The standard InChI is InChI=1S/C14H21N5O/c1-11(19-9-5-8-15-19)13-16-17-14(20)18(13)10-12-6-3-2-4-7-12/h5,8-9,11-12H,2-4,6-7,10H2,1H3,(H,17,20)/t11-/m1/s1. The molecule has 2 aromatic heterocycles. The largest absolute Gasteiger partial charge is 0.343 e. The number of aromatic amines is 1. The van der Waals surface area contributed by atoms with Crippen molar-refractivity contribution in [2.75, 3.05) is 0 Å². The first-order valence-electron chi connectivity index (χ1n) is 7.40. The lowest BCUT2D eigenvalue weighted by atomic mass is 9.89. The van der Waals surface area contributed by atoms with Crippen LogP contribution in [-0.2, 0) is 6.54 Å². The summed E-state index contributed by atoms with van der Waals surface area (Å²) in [5, 5.41) is 11.0. The molecule has 20 heavy (non-hydrogen) atoms. The number of aromatic nitrogens is 5. The van der Waals surface area contributed by atoms with Crippen LogP contribution >= 0.6 is 0 Å². The highest BCUT2D eigenvalue weighted by Crippen LogP contribution is 2.25. The van der Waals surface area contributed by atoms with E-state index in [1.807, 2.05) is 23.9 Å². The molecule has 0 bridgehead atoms. The van der Waals surface area contributed by atoms with Crippen molar-refractivity contribution >= 4 is 0 Å². The van der Waals surface area contributed by atoms with Gasteiger partial charge in [-0.15, -0.1) is 0 Å². The molecule has 6 nitrogen and oxygen atoms in total. The van der Waals surface area contributed by atoms with E-state index in [0.29, 0.717) is 5.92 Å². The van der Waals surface area contributed by atoms with E-state index < -0.39 is 0 Å². The van der Waals surface area contributed by atoms with Crippen molar-refractivity contribution < 1.29 is 0 Å². The summed E-state index contributed by atoms with van der Waals surface area (Å²) in [7, 11) is 0. The molecule has 0 spiro atoms. The second-order valence-corrected chi connectivity index (χ2v) is 5.66. The number of nitrogens with zero attached hydrogens (tertiary/aromatic N) is 4. The number of H-pyrrole nitrogens is 1. The van der Waals surface area contributed by atoms with Gasteiger partial charge in [0.05, 0.1) is 0 Å². The number of hydrogen-bond donors (Lipinski definition) is 1. The molecule has 0 aromatic carbocycles. The van der Waals surface area contributed by atoms with Gasteiger partial charge in [-0.05, 0) is 31.7 Å². The van der Waals surface area contributed by atoms with Crippen LogP contribution in [0, 0.1) is 5.92 Å². The van der Waals surface area contributed by atoms with Crippen LogP contribution in [0.2, 0.25) is 0 Å². The molecule has 1 N–H and O–H groups in total.